The smallest absolute Gasteiger partial charge is 0.321 e. The first-order valence-corrected chi connectivity index (χ1v) is 13.3. The molecule has 1 aliphatic heterocycles. The third kappa shape index (κ3) is 4.71. The number of carbonyl (C=O) groups is 1. The van der Waals surface area contributed by atoms with Crippen LogP contribution < -0.4 is 19.7 Å². The van der Waals surface area contributed by atoms with E-state index in [4.69, 9.17) is 14.7 Å². The van der Waals surface area contributed by atoms with Gasteiger partial charge in [-0.25, -0.2) is 4.98 Å². The maximum Gasteiger partial charge on any atom is 0.321 e. The first kappa shape index (κ1) is 24.4. The summed E-state index contributed by atoms with van der Waals surface area (Å²) in [5.41, 5.74) is 1.81. The molecule has 3 aliphatic rings. The van der Waals surface area contributed by atoms with Crippen molar-refractivity contribution in [2.24, 2.45) is 11.8 Å². The molecule has 2 aliphatic carbocycles. The number of nitrogens with zero attached hydrogens (tertiary/aromatic N) is 6. The third-order valence-corrected chi connectivity index (χ3v) is 8.20. The van der Waals surface area contributed by atoms with Crippen molar-refractivity contribution >= 4 is 22.9 Å². The molecule has 0 spiro atoms. The molecule has 2 N–H and O–H groups in total. The van der Waals surface area contributed by atoms with Gasteiger partial charge in [-0.05, 0) is 63.0 Å². The van der Waals surface area contributed by atoms with E-state index in [1.54, 1.807) is 13.3 Å². The number of hydrogen-bond acceptors (Lipinski definition) is 9. The zero-order valence-electron chi connectivity index (χ0n) is 21.7. The number of methoxy groups -OCH3 is 1. The van der Waals surface area contributed by atoms with Crippen molar-refractivity contribution in [2.75, 3.05) is 31.7 Å². The highest BCUT2D eigenvalue weighted by atomic mass is 16.5. The molecule has 0 bridgehead atoms. The van der Waals surface area contributed by atoms with Crippen LogP contribution in [0, 0.1) is 23.2 Å². The molecular weight excluding hydrogens is 484 g/mol. The minimum atomic E-state index is -0.310. The van der Waals surface area contributed by atoms with E-state index in [1.165, 1.54) is 5.56 Å². The van der Waals surface area contributed by atoms with Gasteiger partial charge >= 0.3 is 6.01 Å². The summed E-state index contributed by atoms with van der Waals surface area (Å²) in [6, 6.07) is 4.29. The number of nitrogens with one attached hydrogen (secondary N) is 2. The molecule has 3 aromatic rings. The van der Waals surface area contributed by atoms with Gasteiger partial charge in [-0.2, -0.15) is 20.2 Å². The number of carbonyl (C=O) groups excluding carboxylic acids is 1. The number of hydrogen-bond donors (Lipinski definition) is 2. The second kappa shape index (κ2) is 9.74. The summed E-state index contributed by atoms with van der Waals surface area (Å²) in [5, 5.41) is 13.2. The van der Waals surface area contributed by atoms with Crippen molar-refractivity contribution in [3.63, 3.8) is 0 Å². The molecule has 0 aromatic carbocycles. The number of amides is 1. The predicted octanol–water partition coefficient (Wildman–Crippen LogP) is 3.35. The number of nitriles is 1. The van der Waals surface area contributed by atoms with Crippen LogP contribution in [-0.4, -0.2) is 63.2 Å². The first-order valence-electron chi connectivity index (χ1n) is 13.3. The first-order chi connectivity index (χ1) is 18.5. The Balaban J connectivity index is 1.20. The van der Waals surface area contributed by atoms with Gasteiger partial charge < -0.3 is 24.7 Å². The van der Waals surface area contributed by atoms with Gasteiger partial charge in [-0.15, -0.1) is 0 Å². The topological polar surface area (TPSA) is 142 Å². The van der Waals surface area contributed by atoms with Gasteiger partial charge in [0.05, 0.1) is 31.1 Å². The Labute approximate surface area is 221 Å². The van der Waals surface area contributed by atoms with E-state index in [9.17, 15) is 4.79 Å². The van der Waals surface area contributed by atoms with Crippen molar-refractivity contribution in [1.82, 2.24) is 30.2 Å². The van der Waals surface area contributed by atoms with Gasteiger partial charge in [-0.1, -0.05) is 0 Å². The number of rotatable bonds is 8. The SMILES string of the molecule is COc1ccnc2[nH]cc(C3CCN(c4nc(OC[C@H]5CC5C#N)nc(C(=O)NC5(C)CCC5)n4)CC3)c12. The second-order valence-electron chi connectivity index (χ2n) is 10.9. The fraction of sp³-hybridized carbons (Fsp3) is 0.556. The molecule has 6 rings (SSSR count). The Morgan fingerprint density at radius 2 is 2.11 bits per heavy atom. The highest BCUT2D eigenvalue weighted by Crippen LogP contribution is 2.39. The minimum Gasteiger partial charge on any atom is -0.496 e. The molecule has 198 valence electrons. The summed E-state index contributed by atoms with van der Waals surface area (Å²) in [6.07, 6.45) is 9.36. The van der Waals surface area contributed by atoms with Crippen LogP contribution >= 0.6 is 0 Å². The van der Waals surface area contributed by atoms with Gasteiger partial charge in [0.2, 0.25) is 11.8 Å². The van der Waals surface area contributed by atoms with Crippen LogP contribution in [0.4, 0.5) is 5.95 Å². The summed E-state index contributed by atoms with van der Waals surface area (Å²) in [5.74, 6) is 1.56. The van der Waals surface area contributed by atoms with Crippen LogP contribution in [0.2, 0.25) is 0 Å². The van der Waals surface area contributed by atoms with Crippen LogP contribution in [0.25, 0.3) is 11.0 Å². The van der Waals surface area contributed by atoms with Crippen LogP contribution in [0.5, 0.6) is 11.8 Å². The van der Waals surface area contributed by atoms with E-state index >= 15 is 0 Å². The van der Waals surface area contributed by atoms with E-state index in [0.717, 1.165) is 68.4 Å². The van der Waals surface area contributed by atoms with Gasteiger partial charge in [0.25, 0.3) is 5.91 Å². The van der Waals surface area contributed by atoms with Crippen LogP contribution in [0.3, 0.4) is 0 Å². The summed E-state index contributed by atoms with van der Waals surface area (Å²) < 4.78 is 11.5. The number of H-pyrrole nitrogens is 1. The molecule has 1 unspecified atom stereocenters. The Hall–Kier alpha value is -3.94. The Morgan fingerprint density at radius 1 is 1.29 bits per heavy atom. The Bertz CT molecular complexity index is 1390. The largest absolute Gasteiger partial charge is 0.496 e. The normalized spacial score (nSPS) is 22.4. The van der Waals surface area contributed by atoms with Crippen molar-refractivity contribution in [2.45, 2.75) is 56.9 Å². The van der Waals surface area contributed by atoms with Crippen molar-refractivity contribution in [3.05, 3.63) is 29.8 Å². The molecular formula is C27H32N8O3. The Morgan fingerprint density at radius 3 is 2.79 bits per heavy atom. The summed E-state index contributed by atoms with van der Waals surface area (Å²) >= 11 is 0. The van der Waals surface area contributed by atoms with Crippen LogP contribution in [-0.2, 0) is 0 Å². The van der Waals surface area contributed by atoms with Gasteiger partial charge in [-0.3, -0.25) is 4.79 Å². The fourth-order valence-electron chi connectivity index (χ4n) is 5.52. The number of fused-ring (bicyclic) bond motifs is 1. The third-order valence-electron chi connectivity index (χ3n) is 8.20. The van der Waals surface area contributed by atoms with E-state index in [-0.39, 0.29) is 35.1 Å². The maximum absolute atomic E-state index is 13.1. The van der Waals surface area contributed by atoms with Crippen molar-refractivity contribution < 1.29 is 14.3 Å². The molecule has 2 saturated carbocycles. The average Bonchev–Trinajstić information content (AvgIpc) is 3.57. The van der Waals surface area contributed by atoms with Crippen LogP contribution in [0.15, 0.2) is 18.5 Å². The molecule has 3 fully saturated rings. The summed E-state index contributed by atoms with van der Waals surface area (Å²) in [4.78, 5) is 36.4. The maximum atomic E-state index is 13.1. The fourth-order valence-corrected chi connectivity index (χ4v) is 5.52. The molecule has 2 atom stereocenters. The number of ether oxygens (including phenoxy) is 2. The highest BCUT2D eigenvalue weighted by molar-refractivity contribution is 5.91. The number of anilines is 1. The Kier molecular flexibility index (Phi) is 6.26. The molecule has 38 heavy (non-hydrogen) atoms. The minimum absolute atomic E-state index is 0.0232. The van der Waals surface area contributed by atoms with E-state index in [2.05, 4.69) is 41.2 Å². The number of aromatic amines is 1. The summed E-state index contributed by atoms with van der Waals surface area (Å²) in [7, 11) is 1.68. The van der Waals surface area contributed by atoms with Gasteiger partial charge in [0, 0.05) is 36.9 Å². The van der Waals surface area contributed by atoms with E-state index < -0.39 is 0 Å². The molecule has 1 saturated heterocycles. The monoisotopic (exact) mass is 516 g/mol. The summed E-state index contributed by atoms with van der Waals surface area (Å²) in [6.45, 7) is 3.85. The number of piperidine rings is 1. The van der Waals surface area contributed by atoms with Gasteiger partial charge in [0.1, 0.15) is 11.4 Å². The predicted molar refractivity (Wildman–Crippen MR) is 139 cm³/mol. The zero-order valence-corrected chi connectivity index (χ0v) is 21.7. The standard InChI is InChI=1S/C27H32N8O3/c1-27(7-3-8-27)34-24(36)23-31-25(33-26(32-23)38-15-18-12-17(18)13-28)35-10-5-16(6-11-35)19-14-30-22-21(19)20(37-2)4-9-29-22/h4,9,14,16-18H,3,5-8,10-12,15H2,1-2H3,(H,29,30)(H,34,36)/t17?,18-/m1/s1. The average molecular weight is 517 g/mol. The molecule has 4 heterocycles. The van der Waals surface area contributed by atoms with E-state index in [1.807, 2.05) is 19.2 Å². The zero-order chi connectivity index (χ0) is 26.3. The molecule has 0 radical (unpaired) electrons. The molecule has 11 nitrogen and oxygen atoms in total. The second-order valence-corrected chi connectivity index (χ2v) is 10.9. The lowest BCUT2D eigenvalue weighted by molar-refractivity contribution is 0.0837. The number of pyridine rings is 1. The quantitative estimate of drug-likeness (QED) is 0.461. The van der Waals surface area contributed by atoms with Crippen LogP contribution in [0.1, 0.15) is 67.5 Å². The van der Waals surface area contributed by atoms with Gasteiger partial charge in [0.15, 0.2) is 0 Å². The van der Waals surface area contributed by atoms with E-state index in [0.29, 0.717) is 18.5 Å². The molecule has 11 heteroatoms. The number of aromatic nitrogens is 5. The molecule has 1 amide bonds. The molecule has 3 aromatic heterocycles. The highest BCUT2D eigenvalue weighted by Gasteiger charge is 2.38. The lowest BCUT2D eigenvalue weighted by Gasteiger charge is -2.38. The van der Waals surface area contributed by atoms with Crippen molar-refractivity contribution in [1.29, 1.82) is 5.26 Å². The lowest BCUT2D eigenvalue weighted by atomic mass is 9.78. The lowest BCUT2D eigenvalue weighted by Crippen LogP contribution is -2.51. The van der Waals surface area contributed by atoms with Crippen molar-refractivity contribution in [3.8, 4) is 17.8 Å².